The first-order chi connectivity index (χ1) is 9.47. The molecule has 20 heavy (non-hydrogen) atoms. The maximum absolute atomic E-state index is 12.1. The smallest absolute Gasteiger partial charge is 0.308 e. The van der Waals surface area contributed by atoms with Gasteiger partial charge in [-0.3, -0.25) is 4.68 Å². The molecule has 2 aromatic rings. The minimum Gasteiger partial charge on any atom is -0.449 e. The van der Waals surface area contributed by atoms with Crippen molar-refractivity contribution in [3.63, 3.8) is 0 Å². The normalized spacial score (nSPS) is 11.5. The van der Waals surface area contributed by atoms with Crippen LogP contribution in [-0.4, -0.2) is 41.1 Å². The van der Waals surface area contributed by atoms with E-state index >= 15 is 0 Å². The quantitative estimate of drug-likeness (QED) is 0.781. The molecule has 0 radical (unpaired) electrons. The Hall–Kier alpha value is -1.67. The highest BCUT2D eigenvalue weighted by Gasteiger charge is 2.15. The predicted molar refractivity (Wildman–Crippen MR) is 76.1 cm³/mol. The van der Waals surface area contributed by atoms with Crippen LogP contribution in [0.2, 0.25) is 6.82 Å². The Labute approximate surface area is 118 Å². The zero-order valence-corrected chi connectivity index (χ0v) is 12.0. The first-order valence-electron chi connectivity index (χ1n) is 6.32. The fraction of sp³-hybridized carbons (Fsp3) is 0.333. The number of rotatable bonds is 6. The Balaban J connectivity index is 2.00. The number of sulfone groups is 1. The molecule has 0 aliphatic rings. The van der Waals surface area contributed by atoms with Gasteiger partial charge in [0, 0.05) is 19.1 Å². The van der Waals surface area contributed by atoms with Crippen molar-refractivity contribution in [2.45, 2.75) is 24.6 Å². The topological polar surface area (TPSA) is 85.1 Å². The van der Waals surface area contributed by atoms with Crippen molar-refractivity contribution in [2.24, 2.45) is 0 Å². The Bertz CT molecular complexity index is 656. The van der Waals surface area contributed by atoms with Crippen molar-refractivity contribution < 1.29 is 13.4 Å². The van der Waals surface area contributed by atoms with E-state index in [9.17, 15) is 13.4 Å². The van der Waals surface area contributed by atoms with Crippen LogP contribution in [0.1, 0.15) is 5.69 Å². The zero-order valence-electron chi connectivity index (χ0n) is 11.2. The summed E-state index contributed by atoms with van der Waals surface area (Å²) in [6.07, 6.45) is 2.31. The second kappa shape index (κ2) is 6.19. The maximum Gasteiger partial charge on any atom is 0.308 e. The second-order valence-electron chi connectivity index (χ2n) is 4.66. The van der Waals surface area contributed by atoms with Crippen LogP contribution in [0.4, 0.5) is 0 Å². The number of benzene rings is 1. The molecule has 0 saturated carbocycles. The van der Waals surface area contributed by atoms with Gasteiger partial charge in [0.1, 0.15) is 0 Å². The Kier molecular flexibility index (Phi) is 4.56. The third kappa shape index (κ3) is 3.91. The molecule has 0 bridgehead atoms. The number of hydrogen-bond acceptors (Lipinski definition) is 5. The minimum absolute atomic E-state index is 0.00954. The van der Waals surface area contributed by atoms with Crippen molar-refractivity contribution in [3.05, 3.63) is 42.2 Å². The SMILES string of the molecule is CB(O)Cn1cc(CCS(=O)(=O)c2ccccc2)nn1. The van der Waals surface area contributed by atoms with Crippen LogP contribution >= 0.6 is 0 Å². The van der Waals surface area contributed by atoms with Crippen LogP contribution in [0.5, 0.6) is 0 Å². The summed E-state index contributed by atoms with van der Waals surface area (Å²) in [7, 11) is -3.30. The molecule has 0 atom stereocenters. The summed E-state index contributed by atoms with van der Waals surface area (Å²) in [5.41, 5.74) is 0.602. The molecule has 1 N–H and O–H groups in total. The lowest BCUT2D eigenvalue weighted by atomic mass is 9.72. The molecule has 6 nitrogen and oxygen atoms in total. The van der Waals surface area contributed by atoms with Gasteiger partial charge < -0.3 is 5.02 Å². The van der Waals surface area contributed by atoms with Crippen LogP contribution in [0.3, 0.4) is 0 Å². The van der Waals surface area contributed by atoms with Crippen molar-refractivity contribution >= 4 is 16.8 Å². The Morgan fingerprint density at radius 1 is 1.30 bits per heavy atom. The fourth-order valence-corrected chi connectivity index (χ4v) is 3.08. The number of nitrogens with zero attached hydrogens (tertiary/aromatic N) is 3. The second-order valence-corrected chi connectivity index (χ2v) is 6.77. The summed E-state index contributed by atoms with van der Waals surface area (Å²) < 4.78 is 25.7. The first-order valence-corrected chi connectivity index (χ1v) is 7.97. The summed E-state index contributed by atoms with van der Waals surface area (Å²) in [6, 6.07) is 8.34. The first kappa shape index (κ1) is 14.7. The molecule has 1 heterocycles. The van der Waals surface area contributed by atoms with Crippen LogP contribution in [0, 0.1) is 0 Å². The van der Waals surface area contributed by atoms with E-state index in [1.54, 1.807) is 43.4 Å². The molecule has 1 aromatic carbocycles. The van der Waals surface area contributed by atoms with E-state index in [4.69, 9.17) is 0 Å². The summed E-state index contributed by atoms with van der Waals surface area (Å²) in [6.45, 7) is 1.14. The predicted octanol–water partition coefficient (Wildman–Crippen LogP) is 0.447. The van der Waals surface area contributed by atoms with Gasteiger partial charge in [-0.25, -0.2) is 8.42 Å². The van der Waals surface area contributed by atoms with E-state index in [1.807, 2.05) is 0 Å². The molecule has 1 aromatic heterocycles. The zero-order chi connectivity index (χ0) is 14.6. The van der Waals surface area contributed by atoms with Crippen molar-refractivity contribution in [1.82, 2.24) is 15.0 Å². The largest absolute Gasteiger partial charge is 0.449 e. The van der Waals surface area contributed by atoms with Crippen LogP contribution in [0.15, 0.2) is 41.4 Å². The number of hydrogen-bond donors (Lipinski definition) is 1. The third-order valence-electron chi connectivity index (χ3n) is 2.77. The third-order valence-corrected chi connectivity index (χ3v) is 4.50. The van der Waals surface area contributed by atoms with Gasteiger partial charge in [0.05, 0.1) is 16.3 Å². The van der Waals surface area contributed by atoms with Gasteiger partial charge >= 0.3 is 6.92 Å². The average Bonchev–Trinajstić information content (AvgIpc) is 2.84. The lowest BCUT2D eigenvalue weighted by molar-refractivity contribution is 0.542. The van der Waals surface area contributed by atoms with Gasteiger partial charge in [-0.2, -0.15) is 0 Å². The maximum atomic E-state index is 12.1. The van der Waals surface area contributed by atoms with Crippen molar-refractivity contribution in [1.29, 1.82) is 0 Å². The summed E-state index contributed by atoms with van der Waals surface area (Å²) in [4.78, 5) is 0.316. The molecule has 2 rings (SSSR count). The average molecular weight is 293 g/mol. The van der Waals surface area contributed by atoms with E-state index in [-0.39, 0.29) is 5.75 Å². The molecular weight excluding hydrogens is 277 g/mol. The molecule has 0 aliphatic heterocycles. The molecule has 0 amide bonds. The van der Waals surface area contributed by atoms with Gasteiger partial charge in [-0.1, -0.05) is 30.2 Å². The number of aryl methyl sites for hydroxylation is 1. The summed E-state index contributed by atoms with van der Waals surface area (Å²) >= 11 is 0. The van der Waals surface area contributed by atoms with Crippen LogP contribution < -0.4 is 0 Å². The summed E-state index contributed by atoms with van der Waals surface area (Å²) in [5.74, 6) is -0.00954. The van der Waals surface area contributed by atoms with E-state index in [0.717, 1.165) is 0 Å². The van der Waals surface area contributed by atoms with Gasteiger partial charge in [-0.05, 0) is 12.1 Å². The molecule has 0 unspecified atom stereocenters. The molecule has 106 valence electrons. The van der Waals surface area contributed by atoms with E-state index in [0.29, 0.717) is 23.5 Å². The highest BCUT2D eigenvalue weighted by atomic mass is 32.2. The lowest BCUT2D eigenvalue weighted by Crippen LogP contribution is -2.17. The molecule has 0 aliphatic carbocycles. The minimum atomic E-state index is -3.30. The molecular formula is C12H16BN3O3S. The van der Waals surface area contributed by atoms with Gasteiger partial charge in [0.25, 0.3) is 0 Å². The van der Waals surface area contributed by atoms with Crippen molar-refractivity contribution in [3.8, 4) is 0 Å². The van der Waals surface area contributed by atoms with Crippen LogP contribution in [-0.2, 0) is 22.7 Å². The van der Waals surface area contributed by atoms with Gasteiger partial charge in [0.15, 0.2) is 9.84 Å². The standard InChI is InChI=1S/C12H16BN3O3S/c1-13(17)10-16-9-11(14-15-16)7-8-20(18,19)12-5-3-2-4-6-12/h2-6,9,17H,7-8,10H2,1H3. The lowest BCUT2D eigenvalue weighted by Gasteiger charge is -2.02. The molecule has 0 spiro atoms. The Morgan fingerprint density at radius 2 is 2.00 bits per heavy atom. The molecule has 0 fully saturated rings. The molecule has 8 heteroatoms. The fourth-order valence-electron chi connectivity index (χ4n) is 1.80. The Morgan fingerprint density at radius 3 is 2.65 bits per heavy atom. The summed E-state index contributed by atoms with van der Waals surface area (Å²) in [5, 5.41) is 17.0. The highest BCUT2D eigenvalue weighted by molar-refractivity contribution is 7.91. The van der Waals surface area contributed by atoms with Crippen LogP contribution in [0.25, 0.3) is 0 Å². The van der Waals surface area contributed by atoms with E-state index in [1.165, 1.54) is 4.68 Å². The van der Waals surface area contributed by atoms with E-state index < -0.39 is 16.8 Å². The van der Waals surface area contributed by atoms with Gasteiger partial charge in [0.2, 0.25) is 0 Å². The van der Waals surface area contributed by atoms with E-state index in [2.05, 4.69) is 10.3 Å². The number of aromatic nitrogens is 3. The van der Waals surface area contributed by atoms with Crippen molar-refractivity contribution in [2.75, 3.05) is 5.75 Å². The van der Waals surface area contributed by atoms with Gasteiger partial charge in [-0.15, -0.1) is 5.10 Å². The highest BCUT2D eigenvalue weighted by Crippen LogP contribution is 2.11. The molecule has 0 saturated heterocycles. The monoisotopic (exact) mass is 293 g/mol.